The summed E-state index contributed by atoms with van der Waals surface area (Å²) in [4.78, 5) is 0. The molecule has 2 N–H and O–H groups in total. The molecule has 3 nitrogen and oxygen atoms in total. The Morgan fingerprint density at radius 2 is 1.62 bits per heavy atom. The van der Waals surface area contributed by atoms with Crippen LogP contribution in [0.25, 0.3) is 0 Å². The van der Waals surface area contributed by atoms with Gasteiger partial charge in [0.25, 0.3) is 0 Å². The first kappa shape index (κ1) is 16.0. The Labute approximate surface area is 134 Å². The molecule has 0 saturated heterocycles. The maximum Gasteiger partial charge on any atom is 0.162 e. The van der Waals surface area contributed by atoms with Crippen molar-refractivity contribution in [2.45, 2.75) is 12.5 Å². The molecular formula is C16H17Cl2NO2. The third-order valence-electron chi connectivity index (χ3n) is 3.30. The van der Waals surface area contributed by atoms with Crippen molar-refractivity contribution < 1.29 is 9.47 Å². The van der Waals surface area contributed by atoms with E-state index in [9.17, 15) is 0 Å². The first-order valence-electron chi connectivity index (χ1n) is 6.47. The molecule has 2 rings (SSSR count). The highest BCUT2D eigenvalue weighted by Gasteiger charge is 2.16. The molecule has 1 unspecified atom stereocenters. The first-order valence-corrected chi connectivity index (χ1v) is 7.22. The van der Waals surface area contributed by atoms with Crippen LogP contribution in [0.2, 0.25) is 10.0 Å². The number of hydrogen-bond acceptors (Lipinski definition) is 3. The van der Waals surface area contributed by atoms with Gasteiger partial charge >= 0.3 is 0 Å². The Hall–Kier alpha value is -1.42. The third-order valence-corrected chi connectivity index (χ3v) is 4.00. The molecule has 0 aliphatic carbocycles. The molecule has 0 aliphatic heterocycles. The second kappa shape index (κ2) is 7.03. The minimum Gasteiger partial charge on any atom is -0.493 e. The second-order valence-electron chi connectivity index (χ2n) is 4.63. The summed E-state index contributed by atoms with van der Waals surface area (Å²) in [5.74, 6) is 1.18. The minimum atomic E-state index is -0.280. The largest absolute Gasteiger partial charge is 0.493 e. The van der Waals surface area contributed by atoms with Crippen LogP contribution in [0.3, 0.4) is 0 Å². The molecule has 0 aromatic heterocycles. The minimum absolute atomic E-state index is 0.280. The lowest BCUT2D eigenvalue weighted by molar-refractivity contribution is 0.354. The van der Waals surface area contributed by atoms with E-state index in [1.54, 1.807) is 20.3 Å². The second-order valence-corrected chi connectivity index (χ2v) is 5.45. The average Bonchev–Trinajstić information content (AvgIpc) is 2.49. The van der Waals surface area contributed by atoms with Crippen LogP contribution in [0.15, 0.2) is 36.4 Å². The molecule has 0 bridgehead atoms. The van der Waals surface area contributed by atoms with E-state index in [2.05, 4.69) is 0 Å². The summed E-state index contributed by atoms with van der Waals surface area (Å²) < 4.78 is 10.5. The molecule has 21 heavy (non-hydrogen) atoms. The van der Waals surface area contributed by atoms with Gasteiger partial charge in [0.05, 0.1) is 14.2 Å². The number of rotatable bonds is 5. The van der Waals surface area contributed by atoms with Gasteiger partial charge in [-0.1, -0.05) is 41.4 Å². The maximum atomic E-state index is 6.29. The van der Waals surface area contributed by atoms with E-state index < -0.39 is 0 Å². The van der Waals surface area contributed by atoms with Crippen molar-refractivity contribution in [3.8, 4) is 11.5 Å². The van der Waals surface area contributed by atoms with E-state index in [-0.39, 0.29) is 6.04 Å². The van der Waals surface area contributed by atoms with E-state index in [4.69, 9.17) is 38.4 Å². The van der Waals surface area contributed by atoms with Gasteiger partial charge < -0.3 is 15.2 Å². The van der Waals surface area contributed by atoms with Crippen molar-refractivity contribution in [3.05, 3.63) is 57.6 Å². The predicted octanol–water partition coefficient (Wildman–Crippen LogP) is 4.25. The topological polar surface area (TPSA) is 44.5 Å². The Morgan fingerprint density at radius 1 is 1.00 bits per heavy atom. The summed E-state index contributed by atoms with van der Waals surface area (Å²) in [7, 11) is 3.15. The van der Waals surface area contributed by atoms with Crippen molar-refractivity contribution in [1.82, 2.24) is 0 Å². The van der Waals surface area contributed by atoms with Gasteiger partial charge in [0.2, 0.25) is 0 Å². The summed E-state index contributed by atoms with van der Waals surface area (Å²) in [6, 6.07) is 10.9. The van der Waals surface area contributed by atoms with E-state index in [1.807, 2.05) is 30.3 Å². The number of hydrogen-bond donors (Lipinski definition) is 1. The van der Waals surface area contributed by atoms with Crippen LogP contribution in [0.5, 0.6) is 11.5 Å². The fraction of sp³-hybridized carbons (Fsp3) is 0.250. The van der Waals surface area contributed by atoms with E-state index in [0.717, 1.165) is 11.1 Å². The quantitative estimate of drug-likeness (QED) is 0.893. The molecule has 0 aliphatic rings. The summed E-state index contributed by atoms with van der Waals surface area (Å²) in [5.41, 5.74) is 8.06. The van der Waals surface area contributed by atoms with Crippen molar-refractivity contribution in [3.63, 3.8) is 0 Å². The van der Waals surface area contributed by atoms with Gasteiger partial charge in [-0.2, -0.15) is 0 Å². The third kappa shape index (κ3) is 3.62. The van der Waals surface area contributed by atoms with Crippen LogP contribution in [0, 0.1) is 0 Å². The smallest absolute Gasteiger partial charge is 0.162 e. The van der Waals surface area contributed by atoms with Crippen LogP contribution >= 0.6 is 23.2 Å². The fourth-order valence-corrected chi connectivity index (χ4v) is 2.67. The number of halogens is 2. The molecule has 112 valence electrons. The lowest BCUT2D eigenvalue weighted by atomic mass is 9.99. The fourth-order valence-electron chi connectivity index (χ4n) is 2.16. The van der Waals surface area contributed by atoms with Crippen LogP contribution < -0.4 is 15.2 Å². The molecule has 0 amide bonds. The van der Waals surface area contributed by atoms with E-state index in [0.29, 0.717) is 28.0 Å². The number of benzene rings is 2. The lowest BCUT2D eigenvalue weighted by Gasteiger charge is -2.17. The Kier molecular flexibility index (Phi) is 5.34. The summed E-state index contributed by atoms with van der Waals surface area (Å²) in [6.45, 7) is 0. The first-order chi connectivity index (χ1) is 10.1. The molecule has 0 radical (unpaired) electrons. The van der Waals surface area contributed by atoms with Gasteiger partial charge in [0, 0.05) is 22.2 Å². The van der Waals surface area contributed by atoms with Gasteiger partial charge in [-0.05, 0) is 29.7 Å². The van der Waals surface area contributed by atoms with Crippen molar-refractivity contribution in [1.29, 1.82) is 0 Å². The van der Waals surface area contributed by atoms with Crippen molar-refractivity contribution >= 4 is 23.2 Å². The van der Waals surface area contributed by atoms with E-state index >= 15 is 0 Å². The van der Waals surface area contributed by atoms with Crippen LogP contribution in [0.4, 0.5) is 0 Å². The van der Waals surface area contributed by atoms with Crippen LogP contribution in [-0.2, 0) is 6.42 Å². The predicted molar refractivity (Wildman–Crippen MR) is 86.6 cm³/mol. The SMILES string of the molecule is COc1cc(Cl)c(C(N)Cc2ccccc2Cl)cc1OC. The zero-order valence-corrected chi connectivity index (χ0v) is 13.4. The molecule has 1 atom stereocenters. The van der Waals surface area contributed by atoms with Gasteiger partial charge in [0.1, 0.15) is 0 Å². The molecule has 2 aromatic rings. The Bertz CT molecular complexity index is 632. The van der Waals surface area contributed by atoms with Crippen molar-refractivity contribution in [2.75, 3.05) is 14.2 Å². The zero-order chi connectivity index (χ0) is 15.4. The molecule has 5 heteroatoms. The molecular weight excluding hydrogens is 309 g/mol. The van der Waals surface area contributed by atoms with E-state index in [1.165, 1.54) is 0 Å². The van der Waals surface area contributed by atoms with Gasteiger partial charge in [0.15, 0.2) is 11.5 Å². The normalized spacial score (nSPS) is 12.0. The highest BCUT2D eigenvalue weighted by atomic mass is 35.5. The van der Waals surface area contributed by atoms with Gasteiger partial charge in [-0.15, -0.1) is 0 Å². The maximum absolute atomic E-state index is 6.29. The summed E-state index contributed by atoms with van der Waals surface area (Å²) >= 11 is 12.5. The van der Waals surface area contributed by atoms with Crippen LogP contribution in [-0.4, -0.2) is 14.2 Å². The highest BCUT2D eigenvalue weighted by Crippen LogP contribution is 2.36. The van der Waals surface area contributed by atoms with Gasteiger partial charge in [-0.3, -0.25) is 0 Å². The van der Waals surface area contributed by atoms with Crippen LogP contribution in [0.1, 0.15) is 17.2 Å². The van der Waals surface area contributed by atoms with Gasteiger partial charge in [-0.25, -0.2) is 0 Å². The Morgan fingerprint density at radius 3 is 2.24 bits per heavy atom. The standard InChI is InChI=1S/C16H17Cl2NO2/c1-20-15-8-11(13(18)9-16(15)21-2)14(19)7-10-5-3-4-6-12(10)17/h3-6,8-9,14H,7,19H2,1-2H3. The Balaban J connectivity index is 2.31. The zero-order valence-electron chi connectivity index (χ0n) is 11.9. The molecule has 2 aromatic carbocycles. The monoisotopic (exact) mass is 325 g/mol. The number of ether oxygens (including phenoxy) is 2. The molecule has 0 saturated carbocycles. The molecule has 0 fully saturated rings. The highest BCUT2D eigenvalue weighted by molar-refractivity contribution is 6.32. The number of nitrogens with two attached hydrogens (primary N) is 1. The lowest BCUT2D eigenvalue weighted by Crippen LogP contribution is -2.14. The van der Waals surface area contributed by atoms with Crippen molar-refractivity contribution in [2.24, 2.45) is 5.73 Å². The summed E-state index contributed by atoms with van der Waals surface area (Å²) in [5, 5.41) is 1.25. The summed E-state index contributed by atoms with van der Waals surface area (Å²) in [6.07, 6.45) is 0.592. The molecule has 0 spiro atoms. The molecule has 0 heterocycles. The number of methoxy groups -OCH3 is 2. The average molecular weight is 326 g/mol.